The van der Waals surface area contributed by atoms with Gasteiger partial charge in [-0.1, -0.05) is 18.2 Å². The van der Waals surface area contributed by atoms with E-state index >= 15 is 0 Å². The zero-order valence-electron chi connectivity index (χ0n) is 11.5. The monoisotopic (exact) mass is 275 g/mol. The van der Waals surface area contributed by atoms with E-state index in [0.717, 1.165) is 11.3 Å². The Morgan fingerprint density at radius 3 is 2.70 bits per heavy atom. The number of hydrogen-bond donors (Lipinski definition) is 1. The van der Waals surface area contributed by atoms with Crippen LogP contribution in [0.5, 0.6) is 0 Å². The predicted molar refractivity (Wildman–Crippen MR) is 73.8 cm³/mol. The summed E-state index contributed by atoms with van der Waals surface area (Å²) in [6, 6.07) is 7.37. The minimum Gasteiger partial charge on any atom is -0.337 e. The molecule has 0 aromatic heterocycles. The van der Waals surface area contributed by atoms with Gasteiger partial charge in [-0.25, -0.2) is 0 Å². The van der Waals surface area contributed by atoms with Crippen LogP contribution in [0.2, 0.25) is 0 Å². The van der Waals surface area contributed by atoms with Crippen LogP contribution in [-0.4, -0.2) is 47.7 Å². The van der Waals surface area contributed by atoms with E-state index in [-0.39, 0.29) is 30.8 Å². The lowest BCUT2D eigenvalue weighted by molar-refractivity contribution is -0.140. The van der Waals surface area contributed by atoms with Crippen LogP contribution >= 0.6 is 0 Å². The Kier molecular flexibility index (Phi) is 4.02. The molecule has 0 radical (unpaired) electrons. The number of fused-ring (bicyclic) bond motifs is 1. The topological polar surface area (TPSA) is 69.7 Å². The molecule has 3 amide bonds. The van der Waals surface area contributed by atoms with Crippen molar-refractivity contribution in [3.8, 4) is 0 Å². The SMILES string of the molecule is CC(=O)N(C)CC(=O)N1CC(=O)Nc2ccccc2C1. The van der Waals surface area contributed by atoms with E-state index in [1.165, 1.54) is 16.7 Å². The molecule has 6 nitrogen and oxygen atoms in total. The molecule has 6 heteroatoms. The number of para-hydroxylation sites is 1. The summed E-state index contributed by atoms with van der Waals surface area (Å²) in [4.78, 5) is 37.9. The van der Waals surface area contributed by atoms with E-state index in [9.17, 15) is 14.4 Å². The van der Waals surface area contributed by atoms with Crippen molar-refractivity contribution in [3.63, 3.8) is 0 Å². The summed E-state index contributed by atoms with van der Waals surface area (Å²) in [7, 11) is 1.56. The molecule has 0 aliphatic carbocycles. The number of likely N-dealkylation sites (N-methyl/N-ethyl adjacent to an activating group) is 1. The Balaban J connectivity index is 2.15. The van der Waals surface area contributed by atoms with E-state index in [0.29, 0.717) is 6.54 Å². The molecule has 0 unspecified atom stereocenters. The van der Waals surface area contributed by atoms with Crippen LogP contribution in [0.1, 0.15) is 12.5 Å². The molecule has 1 aliphatic heterocycles. The van der Waals surface area contributed by atoms with E-state index in [4.69, 9.17) is 0 Å². The van der Waals surface area contributed by atoms with Crippen molar-refractivity contribution in [2.75, 3.05) is 25.5 Å². The zero-order valence-corrected chi connectivity index (χ0v) is 11.5. The van der Waals surface area contributed by atoms with Gasteiger partial charge < -0.3 is 15.1 Å². The first-order chi connectivity index (χ1) is 9.47. The van der Waals surface area contributed by atoms with Gasteiger partial charge in [0.25, 0.3) is 0 Å². The average molecular weight is 275 g/mol. The van der Waals surface area contributed by atoms with Gasteiger partial charge >= 0.3 is 0 Å². The molecule has 106 valence electrons. The van der Waals surface area contributed by atoms with Crippen molar-refractivity contribution < 1.29 is 14.4 Å². The molecule has 0 bridgehead atoms. The summed E-state index contributed by atoms with van der Waals surface area (Å²) < 4.78 is 0. The van der Waals surface area contributed by atoms with E-state index in [1.54, 1.807) is 7.05 Å². The van der Waals surface area contributed by atoms with Crippen LogP contribution in [0, 0.1) is 0 Å². The van der Waals surface area contributed by atoms with Crippen molar-refractivity contribution in [2.24, 2.45) is 0 Å². The molecule has 0 fully saturated rings. The number of nitrogens with one attached hydrogen (secondary N) is 1. The van der Waals surface area contributed by atoms with Gasteiger partial charge in [-0.05, 0) is 11.6 Å². The van der Waals surface area contributed by atoms with Crippen LogP contribution in [0.4, 0.5) is 5.69 Å². The second-order valence-corrected chi connectivity index (χ2v) is 4.83. The highest BCUT2D eigenvalue weighted by Crippen LogP contribution is 2.20. The predicted octanol–water partition coefficient (Wildman–Crippen LogP) is 0.446. The van der Waals surface area contributed by atoms with Gasteiger partial charge in [0, 0.05) is 26.2 Å². The molecule has 1 N–H and O–H groups in total. The third-order valence-corrected chi connectivity index (χ3v) is 3.25. The van der Waals surface area contributed by atoms with Crippen molar-refractivity contribution in [2.45, 2.75) is 13.5 Å². The van der Waals surface area contributed by atoms with Crippen LogP contribution in [0.15, 0.2) is 24.3 Å². The van der Waals surface area contributed by atoms with Gasteiger partial charge in [0.05, 0.1) is 6.54 Å². The normalized spacial score (nSPS) is 14.1. The number of carbonyl (C=O) groups is 3. The van der Waals surface area contributed by atoms with Gasteiger partial charge in [-0.15, -0.1) is 0 Å². The maximum atomic E-state index is 12.2. The summed E-state index contributed by atoms with van der Waals surface area (Å²) in [5.41, 5.74) is 1.62. The molecule has 0 atom stereocenters. The maximum absolute atomic E-state index is 12.2. The Bertz CT molecular complexity index is 556. The van der Waals surface area contributed by atoms with Crippen molar-refractivity contribution in [1.82, 2.24) is 9.80 Å². The summed E-state index contributed by atoms with van der Waals surface area (Å²) in [5.74, 6) is -0.652. The lowest BCUT2D eigenvalue weighted by atomic mass is 10.1. The largest absolute Gasteiger partial charge is 0.337 e. The van der Waals surface area contributed by atoms with Crippen molar-refractivity contribution >= 4 is 23.4 Å². The minimum absolute atomic E-state index is 0.000736. The highest BCUT2D eigenvalue weighted by molar-refractivity contribution is 5.96. The molecule has 20 heavy (non-hydrogen) atoms. The number of anilines is 1. The Hall–Kier alpha value is -2.37. The van der Waals surface area contributed by atoms with Gasteiger partial charge in [0.1, 0.15) is 6.54 Å². The van der Waals surface area contributed by atoms with Crippen LogP contribution in [0.3, 0.4) is 0 Å². The second kappa shape index (κ2) is 5.73. The Labute approximate surface area is 117 Å². The maximum Gasteiger partial charge on any atom is 0.244 e. The average Bonchev–Trinajstić information content (AvgIpc) is 2.56. The Morgan fingerprint density at radius 2 is 2.00 bits per heavy atom. The van der Waals surface area contributed by atoms with E-state index in [1.807, 2.05) is 24.3 Å². The summed E-state index contributed by atoms with van der Waals surface area (Å²) >= 11 is 0. The molecular formula is C14H17N3O3. The molecule has 2 rings (SSSR count). The van der Waals surface area contributed by atoms with Crippen molar-refractivity contribution in [3.05, 3.63) is 29.8 Å². The molecule has 1 aliphatic rings. The summed E-state index contributed by atoms with van der Waals surface area (Å²) in [6.45, 7) is 1.74. The van der Waals surface area contributed by atoms with E-state index in [2.05, 4.69) is 5.32 Å². The second-order valence-electron chi connectivity index (χ2n) is 4.83. The number of nitrogens with zero attached hydrogens (tertiary/aromatic N) is 2. The molecule has 1 aromatic carbocycles. The highest BCUT2D eigenvalue weighted by atomic mass is 16.2. The number of hydrogen-bond acceptors (Lipinski definition) is 3. The van der Waals surface area contributed by atoms with Crippen LogP contribution in [0.25, 0.3) is 0 Å². The number of amides is 3. The quantitative estimate of drug-likeness (QED) is 0.851. The fourth-order valence-corrected chi connectivity index (χ4v) is 2.00. The zero-order chi connectivity index (χ0) is 14.7. The van der Waals surface area contributed by atoms with Gasteiger partial charge in [0.15, 0.2) is 0 Å². The molecular weight excluding hydrogens is 258 g/mol. The molecule has 1 heterocycles. The first-order valence-corrected chi connectivity index (χ1v) is 6.34. The fraction of sp³-hybridized carbons (Fsp3) is 0.357. The number of benzene rings is 1. The first-order valence-electron chi connectivity index (χ1n) is 6.34. The fourth-order valence-electron chi connectivity index (χ4n) is 2.00. The summed E-state index contributed by atoms with van der Waals surface area (Å²) in [6.07, 6.45) is 0. The van der Waals surface area contributed by atoms with Crippen LogP contribution in [-0.2, 0) is 20.9 Å². The summed E-state index contributed by atoms with van der Waals surface area (Å²) in [5, 5.41) is 2.77. The van der Waals surface area contributed by atoms with Gasteiger partial charge in [0.2, 0.25) is 17.7 Å². The van der Waals surface area contributed by atoms with E-state index < -0.39 is 0 Å². The smallest absolute Gasteiger partial charge is 0.244 e. The van der Waals surface area contributed by atoms with Gasteiger partial charge in [-0.3, -0.25) is 14.4 Å². The molecule has 1 aromatic rings. The van der Waals surface area contributed by atoms with Crippen LogP contribution < -0.4 is 5.32 Å². The molecule has 0 spiro atoms. The highest BCUT2D eigenvalue weighted by Gasteiger charge is 2.23. The first kappa shape index (κ1) is 14.0. The molecule has 0 saturated heterocycles. The Morgan fingerprint density at radius 1 is 1.30 bits per heavy atom. The number of carbonyl (C=O) groups excluding carboxylic acids is 3. The number of rotatable bonds is 2. The molecule has 0 saturated carbocycles. The standard InChI is InChI=1S/C14H17N3O3/c1-10(18)16(2)9-14(20)17-7-11-5-3-4-6-12(11)15-13(19)8-17/h3-6H,7-9H2,1-2H3,(H,15,19). The van der Waals surface area contributed by atoms with Gasteiger partial charge in [-0.2, -0.15) is 0 Å². The lowest BCUT2D eigenvalue weighted by Gasteiger charge is -2.22. The third kappa shape index (κ3) is 3.14. The van der Waals surface area contributed by atoms with Crippen molar-refractivity contribution in [1.29, 1.82) is 0 Å². The lowest BCUT2D eigenvalue weighted by Crippen LogP contribution is -2.42. The third-order valence-electron chi connectivity index (χ3n) is 3.25. The minimum atomic E-state index is -0.241.